The van der Waals surface area contributed by atoms with Crippen molar-refractivity contribution in [3.8, 4) is 12.3 Å². The van der Waals surface area contributed by atoms with Crippen LogP contribution in [0.15, 0.2) is 0 Å². The maximum absolute atomic E-state index is 12.7. The molecular formula is C15H24N2O2. The average Bonchev–Trinajstić information content (AvgIpc) is 2.46. The van der Waals surface area contributed by atoms with E-state index in [-0.39, 0.29) is 23.3 Å². The molecule has 19 heavy (non-hydrogen) atoms. The molecule has 1 heterocycles. The highest BCUT2D eigenvalue weighted by atomic mass is 16.2. The van der Waals surface area contributed by atoms with Gasteiger partial charge in [-0.15, -0.1) is 12.3 Å². The van der Waals surface area contributed by atoms with Gasteiger partial charge >= 0.3 is 0 Å². The fourth-order valence-electron chi connectivity index (χ4n) is 2.35. The van der Waals surface area contributed by atoms with Crippen molar-refractivity contribution in [1.82, 2.24) is 10.2 Å². The second kappa shape index (κ2) is 6.10. The second-order valence-corrected chi connectivity index (χ2v) is 6.12. The Kier molecular flexibility index (Phi) is 4.99. The van der Waals surface area contributed by atoms with E-state index in [0.29, 0.717) is 19.4 Å². The van der Waals surface area contributed by atoms with Gasteiger partial charge in [0.05, 0.1) is 0 Å². The SMILES string of the molecule is C#CCC(CC)N1CCC(=O)NC(C(C)(C)C)C1=O. The summed E-state index contributed by atoms with van der Waals surface area (Å²) in [5.41, 5.74) is -0.302. The number of carbonyl (C=O) groups is 2. The van der Waals surface area contributed by atoms with Crippen molar-refractivity contribution in [2.75, 3.05) is 6.54 Å². The van der Waals surface area contributed by atoms with Crippen molar-refractivity contribution in [1.29, 1.82) is 0 Å². The molecule has 0 aromatic rings. The van der Waals surface area contributed by atoms with Crippen LogP contribution in [0.1, 0.15) is 47.0 Å². The number of hydrogen-bond donors (Lipinski definition) is 1. The molecule has 1 N–H and O–H groups in total. The summed E-state index contributed by atoms with van der Waals surface area (Å²) < 4.78 is 0. The summed E-state index contributed by atoms with van der Waals surface area (Å²) in [7, 11) is 0. The van der Waals surface area contributed by atoms with Crippen LogP contribution in [0.4, 0.5) is 0 Å². The summed E-state index contributed by atoms with van der Waals surface area (Å²) >= 11 is 0. The molecule has 106 valence electrons. The van der Waals surface area contributed by atoms with Crippen LogP contribution in [0.25, 0.3) is 0 Å². The number of amides is 2. The van der Waals surface area contributed by atoms with Crippen molar-refractivity contribution in [2.45, 2.75) is 59.0 Å². The van der Waals surface area contributed by atoms with E-state index in [1.54, 1.807) is 4.90 Å². The molecule has 0 aromatic carbocycles. The molecule has 4 nitrogen and oxygen atoms in total. The number of terminal acetylenes is 1. The third-order valence-corrected chi connectivity index (χ3v) is 3.55. The summed E-state index contributed by atoms with van der Waals surface area (Å²) in [4.78, 5) is 26.2. The van der Waals surface area contributed by atoms with E-state index >= 15 is 0 Å². The van der Waals surface area contributed by atoms with Crippen LogP contribution >= 0.6 is 0 Å². The van der Waals surface area contributed by atoms with Crippen LogP contribution in [0, 0.1) is 17.8 Å². The van der Waals surface area contributed by atoms with Crippen molar-refractivity contribution in [2.24, 2.45) is 5.41 Å². The molecule has 0 aromatic heterocycles. The Labute approximate surface area is 115 Å². The van der Waals surface area contributed by atoms with Gasteiger partial charge in [0, 0.05) is 25.4 Å². The van der Waals surface area contributed by atoms with E-state index in [9.17, 15) is 9.59 Å². The van der Waals surface area contributed by atoms with E-state index in [4.69, 9.17) is 6.42 Å². The summed E-state index contributed by atoms with van der Waals surface area (Å²) in [5, 5.41) is 2.84. The van der Waals surface area contributed by atoms with E-state index in [1.807, 2.05) is 27.7 Å². The average molecular weight is 264 g/mol. The highest BCUT2D eigenvalue weighted by Gasteiger charge is 2.39. The molecule has 1 aliphatic rings. The van der Waals surface area contributed by atoms with Gasteiger partial charge in [0.25, 0.3) is 0 Å². The molecular weight excluding hydrogens is 240 g/mol. The Bertz CT molecular complexity index is 390. The molecule has 2 atom stereocenters. The first-order valence-electron chi connectivity index (χ1n) is 6.84. The summed E-state index contributed by atoms with van der Waals surface area (Å²) in [6.07, 6.45) is 7.06. The first kappa shape index (κ1) is 15.6. The largest absolute Gasteiger partial charge is 0.344 e. The first-order chi connectivity index (χ1) is 8.81. The first-order valence-corrected chi connectivity index (χ1v) is 6.84. The van der Waals surface area contributed by atoms with Crippen LogP contribution < -0.4 is 5.32 Å². The molecule has 0 spiro atoms. The number of nitrogens with one attached hydrogen (secondary N) is 1. The van der Waals surface area contributed by atoms with Crippen molar-refractivity contribution >= 4 is 11.8 Å². The molecule has 0 aliphatic carbocycles. The van der Waals surface area contributed by atoms with Crippen LogP contribution in [-0.4, -0.2) is 35.3 Å². The molecule has 1 aliphatic heterocycles. The highest BCUT2D eigenvalue weighted by molar-refractivity contribution is 5.90. The monoisotopic (exact) mass is 264 g/mol. The minimum Gasteiger partial charge on any atom is -0.344 e. The van der Waals surface area contributed by atoms with Gasteiger partial charge in [-0.25, -0.2) is 0 Å². The fourth-order valence-corrected chi connectivity index (χ4v) is 2.35. The van der Waals surface area contributed by atoms with E-state index < -0.39 is 6.04 Å². The quantitative estimate of drug-likeness (QED) is 0.786. The van der Waals surface area contributed by atoms with Crippen LogP contribution in [-0.2, 0) is 9.59 Å². The smallest absolute Gasteiger partial charge is 0.245 e. The molecule has 0 saturated carbocycles. The zero-order valence-electron chi connectivity index (χ0n) is 12.3. The number of hydrogen-bond acceptors (Lipinski definition) is 2. The van der Waals surface area contributed by atoms with Crippen LogP contribution in [0.2, 0.25) is 0 Å². The molecule has 2 unspecified atom stereocenters. The van der Waals surface area contributed by atoms with Gasteiger partial charge in [-0.05, 0) is 11.8 Å². The lowest BCUT2D eigenvalue weighted by atomic mass is 9.85. The van der Waals surface area contributed by atoms with Crippen LogP contribution in [0.5, 0.6) is 0 Å². The van der Waals surface area contributed by atoms with Crippen molar-refractivity contribution in [3.63, 3.8) is 0 Å². The van der Waals surface area contributed by atoms with Crippen LogP contribution in [0.3, 0.4) is 0 Å². The van der Waals surface area contributed by atoms with Gasteiger partial charge in [0.2, 0.25) is 11.8 Å². The topological polar surface area (TPSA) is 49.4 Å². The maximum Gasteiger partial charge on any atom is 0.245 e. The maximum atomic E-state index is 12.7. The number of rotatable bonds is 3. The molecule has 1 saturated heterocycles. The predicted octanol–water partition coefficient (Wildman–Crippen LogP) is 1.55. The Hall–Kier alpha value is -1.50. The Morgan fingerprint density at radius 2 is 2.11 bits per heavy atom. The molecule has 0 radical (unpaired) electrons. The van der Waals surface area contributed by atoms with Gasteiger partial charge in [-0.1, -0.05) is 27.7 Å². The van der Waals surface area contributed by atoms with Gasteiger partial charge in [0.1, 0.15) is 6.04 Å². The second-order valence-electron chi connectivity index (χ2n) is 6.12. The molecule has 4 heteroatoms. The third-order valence-electron chi connectivity index (χ3n) is 3.55. The minimum atomic E-state index is -0.477. The Balaban J connectivity index is 3.02. The molecule has 1 rings (SSSR count). The van der Waals surface area contributed by atoms with Crippen molar-refractivity contribution < 1.29 is 9.59 Å². The zero-order chi connectivity index (χ0) is 14.6. The lowest BCUT2D eigenvalue weighted by molar-refractivity contribution is -0.138. The van der Waals surface area contributed by atoms with Gasteiger partial charge in [-0.2, -0.15) is 0 Å². The molecule has 2 amide bonds. The standard InChI is InChI=1S/C15H24N2O2/c1-6-8-11(7-2)17-10-9-12(18)16-13(14(17)19)15(3,4)5/h1,11,13H,7-10H2,2-5H3,(H,16,18). The Morgan fingerprint density at radius 3 is 2.58 bits per heavy atom. The van der Waals surface area contributed by atoms with Gasteiger partial charge in [0.15, 0.2) is 0 Å². The lowest BCUT2D eigenvalue weighted by Crippen LogP contribution is -2.53. The van der Waals surface area contributed by atoms with E-state index in [0.717, 1.165) is 6.42 Å². The summed E-state index contributed by atoms with van der Waals surface area (Å²) in [6, 6.07) is -0.454. The number of carbonyl (C=O) groups excluding carboxylic acids is 2. The predicted molar refractivity (Wildman–Crippen MR) is 75.2 cm³/mol. The molecule has 0 bridgehead atoms. The highest BCUT2D eigenvalue weighted by Crippen LogP contribution is 2.25. The zero-order valence-corrected chi connectivity index (χ0v) is 12.3. The third kappa shape index (κ3) is 3.73. The van der Waals surface area contributed by atoms with Crippen molar-refractivity contribution in [3.05, 3.63) is 0 Å². The van der Waals surface area contributed by atoms with E-state index in [1.165, 1.54) is 0 Å². The fraction of sp³-hybridized carbons (Fsp3) is 0.733. The van der Waals surface area contributed by atoms with Gasteiger partial charge < -0.3 is 10.2 Å². The summed E-state index contributed by atoms with van der Waals surface area (Å²) in [6.45, 7) is 8.35. The Morgan fingerprint density at radius 1 is 1.47 bits per heavy atom. The lowest BCUT2D eigenvalue weighted by Gasteiger charge is -2.35. The van der Waals surface area contributed by atoms with E-state index in [2.05, 4.69) is 11.2 Å². The molecule has 1 fully saturated rings. The summed E-state index contributed by atoms with van der Waals surface area (Å²) in [5.74, 6) is 2.55. The normalized spacial score (nSPS) is 22.5. The number of nitrogens with zero attached hydrogens (tertiary/aromatic N) is 1. The minimum absolute atomic E-state index is 0.0135. The van der Waals surface area contributed by atoms with Gasteiger partial charge in [-0.3, -0.25) is 9.59 Å².